The first kappa shape index (κ1) is 17.6. The number of amides is 1. The van der Waals surface area contributed by atoms with Crippen molar-refractivity contribution in [1.82, 2.24) is 14.3 Å². The van der Waals surface area contributed by atoms with Gasteiger partial charge in [0.1, 0.15) is 12.9 Å². The molecule has 0 bridgehead atoms. The van der Waals surface area contributed by atoms with Gasteiger partial charge in [0.25, 0.3) is 11.7 Å². The van der Waals surface area contributed by atoms with Crippen LogP contribution in [0, 0.1) is 0 Å². The predicted octanol–water partition coefficient (Wildman–Crippen LogP) is 0.843. The molecule has 9 nitrogen and oxygen atoms in total. The van der Waals surface area contributed by atoms with Crippen molar-refractivity contribution in [1.29, 1.82) is 0 Å². The molecule has 1 atom stereocenters. The lowest BCUT2D eigenvalue weighted by molar-refractivity contribution is -0.112. The summed E-state index contributed by atoms with van der Waals surface area (Å²) in [6.07, 6.45) is 4.27. The summed E-state index contributed by atoms with van der Waals surface area (Å²) in [4.78, 5) is 31.1. The molecule has 1 saturated heterocycles. The van der Waals surface area contributed by atoms with Gasteiger partial charge in [0, 0.05) is 18.8 Å². The standard InChI is InChI=1S/C17H16N4O5S/c22-16-13-8-12(3-4-14(13)20-17(16)23)27(24,25)21-7-1-2-11(21)9-26-15-5-6-18-10-19-15/h3-6,8,10-11H,1-2,7,9H2,(H,20,22,23). The molecule has 0 radical (unpaired) electrons. The number of ketones is 1. The van der Waals surface area contributed by atoms with E-state index in [1.54, 1.807) is 12.3 Å². The van der Waals surface area contributed by atoms with Gasteiger partial charge in [-0.3, -0.25) is 9.59 Å². The molecule has 10 heteroatoms. The number of benzene rings is 1. The number of nitrogens with one attached hydrogen (secondary N) is 1. The Hall–Kier alpha value is -2.85. The Kier molecular flexibility index (Phi) is 4.36. The predicted molar refractivity (Wildman–Crippen MR) is 93.8 cm³/mol. The number of carbonyl (C=O) groups is 2. The van der Waals surface area contributed by atoms with Crippen molar-refractivity contribution in [3.05, 3.63) is 42.4 Å². The topological polar surface area (TPSA) is 119 Å². The summed E-state index contributed by atoms with van der Waals surface area (Å²) in [5, 5.41) is 2.41. The van der Waals surface area contributed by atoms with Gasteiger partial charge in [0.15, 0.2) is 0 Å². The van der Waals surface area contributed by atoms with E-state index < -0.39 is 21.7 Å². The summed E-state index contributed by atoms with van der Waals surface area (Å²) in [6, 6.07) is 5.35. The Labute approximate surface area is 155 Å². The first-order valence-electron chi connectivity index (χ1n) is 8.37. The fourth-order valence-corrected chi connectivity index (χ4v) is 4.96. The number of carbonyl (C=O) groups excluding carboxylic acids is 2. The van der Waals surface area contributed by atoms with Crippen molar-refractivity contribution >= 4 is 27.4 Å². The Bertz CT molecular complexity index is 1010. The van der Waals surface area contributed by atoms with Gasteiger partial charge >= 0.3 is 0 Å². The van der Waals surface area contributed by atoms with Crippen molar-refractivity contribution in [3.8, 4) is 5.88 Å². The summed E-state index contributed by atoms with van der Waals surface area (Å²) < 4.78 is 33.1. The second kappa shape index (κ2) is 6.71. The van der Waals surface area contributed by atoms with Crippen LogP contribution in [0.15, 0.2) is 41.7 Å². The maximum absolute atomic E-state index is 13.1. The Morgan fingerprint density at radius 3 is 2.89 bits per heavy atom. The first-order valence-corrected chi connectivity index (χ1v) is 9.81. The van der Waals surface area contributed by atoms with Crippen molar-refractivity contribution in [2.45, 2.75) is 23.8 Å². The summed E-state index contributed by atoms with van der Waals surface area (Å²) in [6.45, 7) is 0.530. The Balaban J connectivity index is 1.56. The van der Waals surface area contributed by atoms with Crippen molar-refractivity contribution < 1.29 is 22.7 Å². The summed E-state index contributed by atoms with van der Waals surface area (Å²) >= 11 is 0. The van der Waals surface area contributed by atoms with Crippen molar-refractivity contribution in [2.24, 2.45) is 0 Å². The van der Waals surface area contributed by atoms with Crippen LogP contribution in [0.1, 0.15) is 23.2 Å². The highest BCUT2D eigenvalue weighted by Crippen LogP contribution is 2.30. The highest BCUT2D eigenvalue weighted by Gasteiger charge is 2.37. The smallest absolute Gasteiger partial charge is 0.296 e. The molecule has 1 fully saturated rings. The fourth-order valence-electron chi connectivity index (χ4n) is 3.26. The van der Waals surface area contributed by atoms with E-state index in [0.29, 0.717) is 31.0 Å². The number of rotatable bonds is 5. The van der Waals surface area contributed by atoms with Gasteiger partial charge in [0.05, 0.1) is 22.2 Å². The number of aromatic nitrogens is 2. The average molecular weight is 388 g/mol. The van der Waals surface area contributed by atoms with Gasteiger partial charge in [-0.05, 0) is 31.0 Å². The number of hydrogen-bond donors (Lipinski definition) is 1. The molecule has 0 spiro atoms. The molecule has 0 saturated carbocycles. The molecule has 1 N–H and O–H groups in total. The van der Waals surface area contributed by atoms with E-state index in [1.807, 2.05) is 0 Å². The third-order valence-electron chi connectivity index (χ3n) is 4.60. The van der Waals surface area contributed by atoms with Gasteiger partial charge in [-0.1, -0.05) is 0 Å². The minimum atomic E-state index is -3.83. The molecule has 1 aromatic carbocycles. The van der Waals surface area contributed by atoms with Gasteiger partial charge in [0.2, 0.25) is 15.9 Å². The van der Waals surface area contributed by atoms with Crippen molar-refractivity contribution in [2.75, 3.05) is 18.5 Å². The summed E-state index contributed by atoms with van der Waals surface area (Å²) in [5.74, 6) is -1.11. The van der Waals surface area contributed by atoms with E-state index in [1.165, 1.54) is 28.8 Å². The maximum atomic E-state index is 13.1. The fraction of sp³-hybridized carbons (Fsp3) is 0.294. The van der Waals surface area contributed by atoms with Gasteiger partial charge in [-0.25, -0.2) is 18.4 Å². The zero-order chi connectivity index (χ0) is 19.0. The number of Topliss-reactive ketones (excluding diaryl/α,β-unsaturated/α-hetero) is 1. The van der Waals surface area contributed by atoms with Crippen LogP contribution in [0.25, 0.3) is 0 Å². The zero-order valence-corrected chi connectivity index (χ0v) is 15.0. The van der Waals surface area contributed by atoms with Gasteiger partial charge in [-0.15, -0.1) is 0 Å². The molecule has 4 rings (SSSR count). The second-order valence-corrected chi connectivity index (χ2v) is 8.15. The molecule has 2 aliphatic heterocycles. The molecule has 0 aliphatic carbocycles. The quantitative estimate of drug-likeness (QED) is 0.754. The van der Waals surface area contributed by atoms with Crippen LogP contribution in [0.4, 0.5) is 5.69 Å². The van der Waals surface area contributed by atoms with E-state index in [-0.39, 0.29) is 23.1 Å². The summed E-state index contributed by atoms with van der Waals surface area (Å²) in [7, 11) is -3.83. The lowest BCUT2D eigenvalue weighted by atomic mass is 10.1. The molecule has 27 heavy (non-hydrogen) atoms. The number of anilines is 1. The molecule has 1 amide bonds. The van der Waals surface area contributed by atoms with Gasteiger partial charge < -0.3 is 10.1 Å². The van der Waals surface area contributed by atoms with E-state index in [0.717, 1.165) is 0 Å². The SMILES string of the molecule is O=C1Nc2ccc(S(=O)(=O)N3CCCC3COc3ccncn3)cc2C1=O. The maximum Gasteiger partial charge on any atom is 0.296 e. The van der Waals surface area contributed by atoms with Gasteiger partial charge in [-0.2, -0.15) is 4.31 Å². The molecule has 2 aliphatic rings. The molecule has 1 unspecified atom stereocenters. The summed E-state index contributed by atoms with van der Waals surface area (Å²) in [5.41, 5.74) is 0.406. The van der Waals surface area contributed by atoms with E-state index >= 15 is 0 Å². The highest BCUT2D eigenvalue weighted by atomic mass is 32.2. The lowest BCUT2D eigenvalue weighted by Crippen LogP contribution is -2.39. The normalized spacial score (nSPS) is 19.8. The van der Waals surface area contributed by atoms with Crippen LogP contribution in [-0.2, 0) is 14.8 Å². The average Bonchev–Trinajstić information content (AvgIpc) is 3.26. The minimum absolute atomic E-state index is 0.0139. The van der Waals surface area contributed by atoms with Crippen LogP contribution in [0.3, 0.4) is 0 Å². The highest BCUT2D eigenvalue weighted by molar-refractivity contribution is 7.89. The number of nitrogens with zero attached hydrogens (tertiary/aromatic N) is 3. The van der Waals surface area contributed by atoms with Crippen molar-refractivity contribution in [3.63, 3.8) is 0 Å². The number of fused-ring (bicyclic) bond motifs is 1. The van der Waals surface area contributed by atoms with Crippen LogP contribution in [-0.4, -0.2) is 53.6 Å². The molecule has 140 valence electrons. The van der Waals surface area contributed by atoms with Crippen LogP contribution in [0.2, 0.25) is 0 Å². The molecular weight excluding hydrogens is 372 g/mol. The first-order chi connectivity index (χ1) is 13.0. The van der Waals surface area contributed by atoms with E-state index in [4.69, 9.17) is 4.74 Å². The van der Waals surface area contributed by atoms with E-state index in [2.05, 4.69) is 15.3 Å². The Morgan fingerprint density at radius 2 is 2.11 bits per heavy atom. The third-order valence-corrected chi connectivity index (χ3v) is 6.55. The number of hydrogen-bond acceptors (Lipinski definition) is 7. The molecule has 3 heterocycles. The minimum Gasteiger partial charge on any atom is -0.476 e. The lowest BCUT2D eigenvalue weighted by Gasteiger charge is -2.24. The monoisotopic (exact) mass is 388 g/mol. The number of sulfonamides is 1. The largest absolute Gasteiger partial charge is 0.476 e. The molecule has 2 aromatic rings. The third kappa shape index (κ3) is 3.17. The van der Waals surface area contributed by atoms with E-state index in [9.17, 15) is 18.0 Å². The van der Waals surface area contributed by atoms with Crippen LogP contribution in [0.5, 0.6) is 5.88 Å². The Morgan fingerprint density at radius 1 is 1.26 bits per heavy atom. The zero-order valence-electron chi connectivity index (χ0n) is 14.2. The molecule has 1 aromatic heterocycles. The number of ether oxygens (including phenoxy) is 1. The molecular formula is C17H16N4O5S. The second-order valence-electron chi connectivity index (χ2n) is 6.26. The van der Waals surface area contributed by atoms with Crippen LogP contribution >= 0.6 is 0 Å². The van der Waals surface area contributed by atoms with Crippen LogP contribution < -0.4 is 10.1 Å².